The highest BCUT2D eigenvalue weighted by Crippen LogP contribution is 2.27. The van der Waals surface area contributed by atoms with Crippen LogP contribution < -0.4 is 0 Å². The lowest BCUT2D eigenvalue weighted by atomic mass is 11.3. The molecule has 0 aliphatic carbocycles. The second-order valence-corrected chi connectivity index (χ2v) is 4.28. The molecule has 0 radical (unpaired) electrons. The van der Waals surface area contributed by atoms with E-state index >= 15 is 0 Å². The summed E-state index contributed by atoms with van der Waals surface area (Å²) in [4.78, 5) is 19.1. The van der Waals surface area contributed by atoms with E-state index in [-0.39, 0.29) is 0 Å². The van der Waals surface area contributed by atoms with Gasteiger partial charge in [-0.05, 0) is 58.0 Å². The van der Waals surface area contributed by atoms with Crippen LogP contribution in [0, 0.1) is 0 Å². The SMILES string of the molecule is COC(=O)OC(Cl)(Cl)Cl.O=C(Cl)Cl. The monoisotopic (exact) mass is 290 g/mol. The first-order valence-corrected chi connectivity index (χ1v) is 4.26. The van der Waals surface area contributed by atoms with Crippen molar-refractivity contribution < 1.29 is 19.1 Å². The molecule has 0 spiro atoms. The minimum absolute atomic E-state index is 0.889. The summed E-state index contributed by atoms with van der Waals surface area (Å²) < 4.78 is 5.11. The Hall–Kier alpha value is 0.390. The molecule has 0 amide bonds. The maximum Gasteiger partial charge on any atom is 0.511 e. The number of halogens is 5. The first kappa shape index (κ1) is 15.8. The van der Waals surface area contributed by atoms with Crippen molar-refractivity contribution in [1.29, 1.82) is 0 Å². The van der Waals surface area contributed by atoms with Crippen molar-refractivity contribution in [1.82, 2.24) is 0 Å². The summed E-state index contributed by atoms with van der Waals surface area (Å²) in [5.74, 6) is 0. The molecule has 0 saturated carbocycles. The fourth-order valence-corrected chi connectivity index (χ4v) is 0.325. The van der Waals surface area contributed by atoms with Gasteiger partial charge in [-0.1, -0.05) is 0 Å². The van der Waals surface area contributed by atoms with E-state index in [1.165, 1.54) is 0 Å². The van der Waals surface area contributed by atoms with Crippen LogP contribution in [-0.4, -0.2) is 21.9 Å². The van der Waals surface area contributed by atoms with E-state index in [9.17, 15) is 4.79 Å². The van der Waals surface area contributed by atoms with Gasteiger partial charge in [0.1, 0.15) is 0 Å². The lowest BCUT2D eigenvalue weighted by molar-refractivity contribution is 0.0704. The van der Waals surface area contributed by atoms with Gasteiger partial charge in [-0.15, -0.1) is 0 Å². The fraction of sp³-hybridized carbons (Fsp3) is 0.500. The van der Waals surface area contributed by atoms with Gasteiger partial charge >= 0.3 is 14.8 Å². The predicted molar refractivity (Wildman–Crippen MR) is 50.9 cm³/mol. The summed E-state index contributed by atoms with van der Waals surface area (Å²) in [6.45, 7) is 0. The van der Waals surface area contributed by atoms with Crippen LogP contribution in [0.25, 0.3) is 0 Å². The molecule has 0 heterocycles. The average molecular weight is 292 g/mol. The Labute approximate surface area is 98.9 Å². The number of methoxy groups -OCH3 is 1. The quantitative estimate of drug-likeness (QED) is 0.388. The third-order valence-corrected chi connectivity index (χ3v) is 0.597. The molecule has 0 unspecified atom stereocenters. The van der Waals surface area contributed by atoms with Crippen LogP contribution in [-0.2, 0) is 9.47 Å². The maximum atomic E-state index is 10.1. The Morgan fingerprint density at radius 3 is 1.54 bits per heavy atom. The van der Waals surface area contributed by atoms with Gasteiger partial charge in [0.15, 0.2) is 0 Å². The van der Waals surface area contributed by atoms with E-state index < -0.39 is 14.8 Å². The standard InChI is InChI=1S/C3H3Cl3O3.CCl2O/c1-8-2(7)9-3(4,5)6;2-1(3)4/h1H3;. The summed E-state index contributed by atoms with van der Waals surface area (Å²) >= 11 is 23.8. The largest absolute Gasteiger partial charge is 0.511 e. The zero-order valence-corrected chi connectivity index (χ0v) is 9.80. The number of carbonyl (C=O) groups excluding carboxylic acids is 2. The molecule has 13 heavy (non-hydrogen) atoms. The summed E-state index contributed by atoms with van der Waals surface area (Å²) in [7, 11) is 1.11. The van der Waals surface area contributed by atoms with Crippen molar-refractivity contribution in [2.24, 2.45) is 0 Å². The zero-order chi connectivity index (χ0) is 11.1. The van der Waals surface area contributed by atoms with Crippen molar-refractivity contribution in [3.63, 3.8) is 0 Å². The highest BCUT2D eigenvalue weighted by molar-refractivity contribution is 6.93. The second-order valence-electron chi connectivity index (χ2n) is 1.23. The number of carbonyl (C=O) groups is 2. The molecule has 0 aromatic rings. The van der Waals surface area contributed by atoms with Crippen LogP contribution in [0.15, 0.2) is 0 Å². The van der Waals surface area contributed by atoms with Crippen LogP contribution in [0.1, 0.15) is 0 Å². The van der Waals surface area contributed by atoms with Crippen LogP contribution in [0.4, 0.5) is 9.59 Å². The van der Waals surface area contributed by atoms with Gasteiger partial charge in [0.2, 0.25) is 0 Å². The van der Waals surface area contributed by atoms with Crippen LogP contribution in [0.2, 0.25) is 0 Å². The molecular weight excluding hydrogens is 289 g/mol. The smallest absolute Gasteiger partial charge is 0.438 e. The first-order valence-electron chi connectivity index (χ1n) is 2.37. The van der Waals surface area contributed by atoms with Gasteiger partial charge in [0, 0.05) is 0 Å². The van der Waals surface area contributed by atoms with E-state index in [2.05, 4.69) is 32.7 Å². The van der Waals surface area contributed by atoms with Crippen molar-refractivity contribution in [3.05, 3.63) is 0 Å². The first-order chi connectivity index (χ1) is 5.69. The molecule has 0 rings (SSSR count). The number of alkyl halides is 3. The second kappa shape index (κ2) is 7.76. The Bertz CT molecular complexity index is 172. The molecular formula is C4H3Cl5O4. The Morgan fingerprint density at radius 1 is 1.15 bits per heavy atom. The molecule has 9 heteroatoms. The molecule has 0 atom stereocenters. The number of hydrogen-bond acceptors (Lipinski definition) is 4. The van der Waals surface area contributed by atoms with Gasteiger partial charge in [-0.2, -0.15) is 0 Å². The van der Waals surface area contributed by atoms with Crippen LogP contribution in [0.5, 0.6) is 0 Å². The zero-order valence-electron chi connectivity index (χ0n) is 6.02. The topological polar surface area (TPSA) is 52.6 Å². The molecule has 0 aromatic carbocycles. The summed E-state index contributed by atoms with van der Waals surface area (Å²) in [5.41, 5.74) is 0. The Kier molecular flexibility index (Phi) is 9.46. The van der Waals surface area contributed by atoms with E-state index in [0.717, 1.165) is 7.11 Å². The Balaban J connectivity index is 0. The fourth-order valence-electron chi connectivity index (χ4n) is 0.136. The minimum Gasteiger partial charge on any atom is -0.438 e. The van der Waals surface area contributed by atoms with Crippen molar-refractivity contribution >= 4 is 68.9 Å². The van der Waals surface area contributed by atoms with Gasteiger partial charge in [-0.25, -0.2) is 4.79 Å². The van der Waals surface area contributed by atoms with Crippen molar-refractivity contribution in [3.8, 4) is 0 Å². The van der Waals surface area contributed by atoms with Crippen LogP contribution in [0.3, 0.4) is 0 Å². The van der Waals surface area contributed by atoms with Gasteiger partial charge in [0.25, 0.3) is 0 Å². The van der Waals surface area contributed by atoms with Gasteiger partial charge in [-0.3, -0.25) is 4.79 Å². The molecule has 0 saturated heterocycles. The highest BCUT2D eigenvalue weighted by Gasteiger charge is 2.25. The van der Waals surface area contributed by atoms with Gasteiger partial charge in [0.05, 0.1) is 7.11 Å². The average Bonchev–Trinajstić information content (AvgIpc) is 1.82. The normalized spacial score (nSPS) is 9.38. The maximum absolute atomic E-state index is 10.1. The lowest BCUT2D eigenvalue weighted by Gasteiger charge is -2.09. The van der Waals surface area contributed by atoms with Gasteiger partial charge < -0.3 is 9.47 Å². The molecule has 0 N–H and O–H groups in total. The molecule has 0 aliphatic heterocycles. The van der Waals surface area contributed by atoms with E-state index in [0.29, 0.717) is 0 Å². The van der Waals surface area contributed by atoms with E-state index in [1.807, 2.05) is 0 Å². The van der Waals surface area contributed by atoms with E-state index in [1.54, 1.807) is 0 Å². The molecule has 78 valence electrons. The molecule has 0 bridgehead atoms. The molecule has 0 aliphatic rings. The summed E-state index contributed by atoms with van der Waals surface area (Å²) in [6, 6.07) is 0. The minimum atomic E-state index is -2.03. The lowest BCUT2D eigenvalue weighted by Crippen LogP contribution is -2.15. The summed E-state index contributed by atoms with van der Waals surface area (Å²) in [6.07, 6.45) is -1.03. The molecule has 4 nitrogen and oxygen atoms in total. The summed E-state index contributed by atoms with van der Waals surface area (Å²) in [5, 5.41) is 0. The van der Waals surface area contributed by atoms with Crippen molar-refractivity contribution in [2.45, 2.75) is 3.98 Å². The van der Waals surface area contributed by atoms with E-state index in [4.69, 9.17) is 39.6 Å². The third-order valence-electron chi connectivity index (χ3n) is 0.366. The number of ether oxygens (including phenoxy) is 2. The third kappa shape index (κ3) is 24.5. The molecule has 0 fully saturated rings. The highest BCUT2D eigenvalue weighted by atomic mass is 35.6. The van der Waals surface area contributed by atoms with Crippen molar-refractivity contribution in [2.75, 3.05) is 7.11 Å². The number of hydrogen-bond donors (Lipinski definition) is 0. The molecule has 0 aromatic heterocycles. The van der Waals surface area contributed by atoms with Crippen LogP contribution >= 0.6 is 58.0 Å². The number of rotatable bonds is 0. The Morgan fingerprint density at radius 2 is 1.46 bits per heavy atom. The predicted octanol–water partition coefficient (Wildman–Crippen LogP) is 3.68.